The number of rotatable bonds is 7. The van der Waals surface area contributed by atoms with E-state index in [4.69, 9.17) is 17.3 Å². The van der Waals surface area contributed by atoms with Crippen LogP contribution in [-0.4, -0.2) is 25.3 Å². The topological polar surface area (TPSA) is 26.0 Å². The van der Waals surface area contributed by atoms with E-state index in [0.717, 1.165) is 30.4 Å². The van der Waals surface area contributed by atoms with E-state index in [1.165, 1.54) is 29.5 Å². The van der Waals surface area contributed by atoms with E-state index in [9.17, 15) is 0 Å². The van der Waals surface area contributed by atoms with Gasteiger partial charge in [0.25, 0.3) is 0 Å². The standard InChI is InChI=1S/C22H26N4S/c1-17-7-6-10-20(13-17)14-24(21-11-12-21)16-26-22(27)25(18(2)23-26)15-19-8-4-3-5-9-19/h3-10,13,21H,11-12,14-16H2,1-2H3. The van der Waals surface area contributed by atoms with Gasteiger partial charge in [-0.1, -0.05) is 60.2 Å². The van der Waals surface area contributed by atoms with Crippen molar-refractivity contribution in [1.82, 2.24) is 19.2 Å². The Morgan fingerprint density at radius 3 is 2.48 bits per heavy atom. The zero-order chi connectivity index (χ0) is 18.8. The Morgan fingerprint density at radius 2 is 1.78 bits per heavy atom. The lowest BCUT2D eigenvalue weighted by molar-refractivity contribution is 0.186. The molecule has 0 N–H and O–H groups in total. The normalized spacial score (nSPS) is 14.0. The number of aromatic nitrogens is 3. The second-order valence-electron chi connectivity index (χ2n) is 7.51. The van der Waals surface area contributed by atoms with Gasteiger partial charge < -0.3 is 0 Å². The van der Waals surface area contributed by atoms with E-state index in [1.54, 1.807) is 0 Å². The summed E-state index contributed by atoms with van der Waals surface area (Å²) >= 11 is 5.76. The summed E-state index contributed by atoms with van der Waals surface area (Å²) in [6.07, 6.45) is 2.53. The van der Waals surface area contributed by atoms with Crippen molar-refractivity contribution in [1.29, 1.82) is 0 Å². The van der Waals surface area contributed by atoms with E-state index in [0.29, 0.717) is 6.04 Å². The highest BCUT2D eigenvalue weighted by Crippen LogP contribution is 2.29. The Kier molecular flexibility index (Phi) is 5.23. The van der Waals surface area contributed by atoms with Crippen LogP contribution in [-0.2, 0) is 19.8 Å². The second kappa shape index (κ2) is 7.79. The van der Waals surface area contributed by atoms with Gasteiger partial charge in [-0.3, -0.25) is 9.47 Å². The number of hydrogen-bond acceptors (Lipinski definition) is 3. The fraction of sp³-hybridized carbons (Fsp3) is 0.364. The quantitative estimate of drug-likeness (QED) is 0.557. The van der Waals surface area contributed by atoms with Crippen molar-refractivity contribution in [2.75, 3.05) is 0 Å². The van der Waals surface area contributed by atoms with Crippen molar-refractivity contribution in [2.24, 2.45) is 0 Å². The highest BCUT2D eigenvalue weighted by Gasteiger charge is 2.29. The van der Waals surface area contributed by atoms with Gasteiger partial charge in [0, 0.05) is 12.6 Å². The van der Waals surface area contributed by atoms with Gasteiger partial charge >= 0.3 is 0 Å². The minimum atomic E-state index is 0.645. The molecule has 0 saturated heterocycles. The van der Waals surface area contributed by atoms with Crippen LogP contribution in [0.2, 0.25) is 0 Å². The first-order valence-electron chi connectivity index (χ1n) is 9.58. The molecule has 0 bridgehead atoms. The largest absolute Gasteiger partial charge is 0.300 e. The van der Waals surface area contributed by atoms with Gasteiger partial charge in [0.05, 0.1) is 13.2 Å². The van der Waals surface area contributed by atoms with Crippen LogP contribution in [0.25, 0.3) is 0 Å². The molecule has 140 valence electrons. The van der Waals surface area contributed by atoms with E-state index in [-0.39, 0.29) is 0 Å². The summed E-state index contributed by atoms with van der Waals surface area (Å²) < 4.78 is 4.91. The van der Waals surface area contributed by atoms with Gasteiger partial charge in [0.15, 0.2) is 4.77 Å². The van der Waals surface area contributed by atoms with Crippen LogP contribution in [0.5, 0.6) is 0 Å². The van der Waals surface area contributed by atoms with Crippen LogP contribution in [0, 0.1) is 18.6 Å². The van der Waals surface area contributed by atoms with Crippen molar-refractivity contribution >= 4 is 12.2 Å². The molecule has 0 spiro atoms. The summed E-state index contributed by atoms with van der Waals surface area (Å²) in [6, 6.07) is 19.8. The third kappa shape index (κ3) is 4.37. The molecule has 2 aromatic carbocycles. The molecule has 4 rings (SSSR count). The molecule has 1 aliphatic carbocycles. The van der Waals surface area contributed by atoms with Crippen LogP contribution < -0.4 is 0 Å². The molecule has 0 aliphatic heterocycles. The zero-order valence-corrected chi connectivity index (χ0v) is 16.8. The molecular formula is C22H26N4S. The molecule has 27 heavy (non-hydrogen) atoms. The SMILES string of the molecule is Cc1cccc(CN(Cn2nc(C)n(Cc3ccccc3)c2=S)C2CC2)c1. The van der Waals surface area contributed by atoms with Crippen molar-refractivity contribution in [2.45, 2.75) is 52.5 Å². The fourth-order valence-electron chi connectivity index (χ4n) is 3.54. The second-order valence-corrected chi connectivity index (χ2v) is 7.87. The Labute approximate surface area is 166 Å². The molecular weight excluding hydrogens is 352 g/mol. The van der Waals surface area contributed by atoms with Gasteiger partial charge in [-0.15, -0.1) is 0 Å². The lowest BCUT2D eigenvalue weighted by Gasteiger charge is -2.22. The van der Waals surface area contributed by atoms with Crippen LogP contribution in [0.1, 0.15) is 35.4 Å². The molecule has 5 heteroatoms. The van der Waals surface area contributed by atoms with E-state index < -0.39 is 0 Å². The first-order valence-corrected chi connectivity index (χ1v) is 9.99. The van der Waals surface area contributed by atoms with Gasteiger partial charge in [-0.05, 0) is 50.0 Å². The number of nitrogens with zero attached hydrogens (tertiary/aromatic N) is 4. The summed E-state index contributed by atoms with van der Waals surface area (Å²) in [5.74, 6) is 0.968. The molecule has 3 aromatic rings. The fourth-order valence-corrected chi connectivity index (χ4v) is 3.84. The van der Waals surface area contributed by atoms with E-state index in [1.807, 2.05) is 17.7 Å². The summed E-state index contributed by atoms with van der Waals surface area (Å²) in [5.41, 5.74) is 3.91. The first-order chi connectivity index (χ1) is 13.1. The van der Waals surface area contributed by atoms with Crippen molar-refractivity contribution in [3.8, 4) is 0 Å². The van der Waals surface area contributed by atoms with Crippen LogP contribution >= 0.6 is 12.2 Å². The van der Waals surface area contributed by atoms with Crippen LogP contribution in [0.15, 0.2) is 54.6 Å². The summed E-state index contributed by atoms with van der Waals surface area (Å²) in [4.78, 5) is 2.50. The Morgan fingerprint density at radius 1 is 1.04 bits per heavy atom. The van der Waals surface area contributed by atoms with Gasteiger partial charge in [-0.25, -0.2) is 4.68 Å². The molecule has 1 heterocycles. The van der Waals surface area contributed by atoms with Crippen molar-refractivity contribution < 1.29 is 0 Å². The number of benzene rings is 2. The number of aryl methyl sites for hydroxylation is 2. The predicted octanol–water partition coefficient (Wildman–Crippen LogP) is 4.70. The molecule has 0 atom stereocenters. The van der Waals surface area contributed by atoms with Crippen LogP contribution in [0.3, 0.4) is 0 Å². The highest BCUT2D eigenvalue weighted by molar-refractivity contribution is 7.71. The van der Waals surface area contributed by atoms with Gasteiger partial charge in [-0.2, -0.15) is 5.10 Å². The predicted molar refractivity (Wildman–Crippen MR) is 111 cm³/mol. The highest BCUT2D eigenvalue weighted by atomic mass is 32.1. The average Bonchev–Trinajstić information content (AvgIpc) is 3.47. The lowest BCUT2D eigenvalue weighted by Crippen LogP contribution is -2.29. The smallest absolute Gasteiger partial charge is 0.199 e. The molecule has 1 fully saturated rings. The first kappa shape index (κ1) is 18.1. The minimum absolute atomic E-state index is 0.645. The Bertz CT molecular complexity index is 969. The van der Waals surface area contributed by atoms with Crippen molar-refractivity contribution in [3.05, 3.63) is 81.9 Å². The molecule has 0 unspecified atom stereocenters. The zero-order valence-electron chi connectivity index (χ0n) is 16.0. The molecule has 0 amide bonds. The third-order valence-electron chi connectivity index (χ3n) is 5.14. The lowest BCUT2D eigenvalue weighted by atomic mass is 10.1. The maximum absolute atomic E-state index is 5.76. The molecule has 4 nitrogen and oxygen atoms in total. The molecule has 0 radical (unpaired) electrons. The molecule has 1 aromatic heterocycles. The van der Waals surface area contributed by atoms with Gasteiger partial charge in [0.2, 0.25) is 0 Å². The van der Waals surface area contributed by atoms with Crippen LogP contribution in [0.4, 0.5) is 0 Å². The molecule has 1 aliphatic rings. The van der Waals surface area contributed by atoms with E-state index in [2.05, 4.69) is 64.9 Å². The monoisotopic (exact) mass is 378 g/mol. The number of hydrogen-bond donors (Lipinski definition) is 0. The van der Waals surface area contributed by atoms with E-state index >= 15 is 0 Å². The maximum atomic E-state index is 5.76. The summed E-state index contributed by atoms with van der Waals surface area (Å²) in [7, 11) is 0. The Balaban J connectivity index is 1.54. The average molecular weight is 379 g/mol. The van der Waals surface area contributed by atoms with Gasteiger partial charge in [0.1, 0.15) is 5.82 Å². The minimum Gasteiger partial charge on any atom is -0.300 e. The summed E-state index contributed by atoms with van der Waals surface area (Å²) in [5, 5.41) is 4.75. The third-order valence-corrected chi connectivity index (χ3v) is 5.57. The maximum Gasteiger partial charge on any atom is 0.199 e. The summed E-state index contributed by atoms with van der Waals surface area (Å²) in [6.45, 7) is 6.65. The van der Waals surface area contributed by atoms with Crippen molar-refractivity contribution in [3.63, 3.8) is 0 Å². The molecule has 1 saturated carbocycles. The Hall–Kier alpha value is -2.24.